The van der Waals surface area contributed by atoms with Crippen molar-refractivity contribution >= 4 is 5.78 Å². The highest BCUT2D eigenvalue weighted by Gasteiger charge is 2.18. The van der Waals surface area contributed by atoms with Gasteiger partial charge in [0.05, 0.1) is 12.7 Å². The van der Waals surface area contributed by atoms with Crippen LogP contribution in [-0.4, -0.2) is 12.9 Å². The molecular weight excluding hydrogens is 202 g/mol. The van der Waals surface area contributed by atoms with Crippen molar-refractivity contribution in [2.24, 2.45) is 0 Å². The molecule has 1 aromatic rings. The Labute approximate surface area is 86.2 Å². The molecule has 4 heteroatoms. The molecule has 0 N–H and O–H groups in total. The number of rotatable bonds is 3. The third-order valence-corrected chi connectivity index (χ3v) is 1.84. The van der Waals surface area contributed by atoms with Crippen molar-refractivity contribution in [3.05, 3.63) is 41.5 Å². The fraction of sp³-hybridized carbons (Fsp3) is 0.182. The van der Waals surface area contributed by atoms with E-state index in [0.29, 0.717) is 6.07 Å². The van der Waals surface area contributed by atoms with Crippen LogP contribution in [0.4, 0.5) is 8.78 Å². The lowest BCUT2D eigenvalue weighted by Gasteiger charge is -2.08. The van der Waals surface area contributed by atoms with E-state index in [4.69, 9.17) is 4.74 Å². The highest BCUT2D eigenvalue weighted by atomic mass is 19.1. The summed E-state index contributed by atoms with van der Waals surface area (Å²) in [6.45, 7) is 4.88. The van der Waals surface area contributed by atoms with Crippen molar-refractivity contribution in [1.82, 2.24) is 0 Å². The zero-order valence-electron chi connectivity index (χ0n) is 8.43. The lowest BCUT2D eigenvalue weighted by atomic mass is 10.0. The molecule has 0 saturated heterocycles. The fourth-order valence-electron chi connectivity index (χ4n) is 1.17. The summed E-state index contributed by atoms with van der Waals surface area (Å²) in [6, 6.07) is 1.59. The number of ether oxygens (including phenoxy) is 1. The van der Waals surface area contributed by atoms with Crippen LogP contribution < -0.4 is 4.74 Å². The van der Waals surface area contributed by atoms with Crippen LogP contribution in [0.25, 0.3) is 0 Å². The Balaban J connectivity index is 3.38. The summed E-state index contributed by atoms with van der Waals surface area (Å²) in [7, 11) is 1.21. The number of carbonyl (C=O) groups is 1. The largest absolute Gasteiger partial charge is 0.493 e. The van der Waals surface area contributed by atoms with Gasteiger partial charge in [0, 0.05) is 6.07 Å². The van der Waals surface area contributed by atoms with Gasteiger partial charge >= 0.3 is 0 Å². The lowest BCUT2D eigenvalue weighted by molar-refractivity contribution is 0.103. The van der Waals surface area contributed by atoms with Gasteiger partial charge in [0.15, 0.2) is 17.3 Å². The topological polar surface area (TPSA) is 26.3 Å². The van der Waals surface area contributed by atoms with Crippen molar-refractivity contribution in [3.8, 4) is 5.75 Å². The minimum atomic E-state index is -0.901. The van der Waals surface area contributed by atoms with Crippen LogP contribution in [0.1, 0.15) is 17.3 Å². The third kappa shape index (κ3) is 2.21. The zero-order chi connectivity index (χ0) is 11.6. The molecule has 0 amide bonds. The number of Topliss-reactive ketones (excluding diaryl/α,β-unsaturated/α-hetero) is 1. The molecule has 0 fully saturated rings. The summed E-state index contributed by atoms with van der Waals surface area (Å²) in [6.07, 6.45) is 0. The van der Waals surface area contributed by atoms with E-state index >= 15 is 0 Å². The van der Waals surface area contributed by atoms with E-state index in [0.717, 1.165) is 6.07 Å². The quantitative estimate of drug-likeness (QED) is 0.568. The summed E-state index contributed by atoms with van der Waals surface area (Å²) >= 11 is 0. The maximum atomic E-state index is 13.2. The molecule has 0 aliphatic heterocycles. The fourth-order valence-corrected chi connectivity index (χ4v) is 1.17. The van der Waals surface area contributed by atoms with Crippen LogP contribution in [-0.2, 0) is 0 Å². The van der Waals surface area contributed by atoms with Crippen molar-refractivity contribution in [2.75, 3.05) is 7.11 Å². The number of halogens is 2. The average Bonchev–Trinajstić information content (AvgIpc) is 2.15. The van der Waals surface area contributed by atoms with E-state index in [9.17, 15) is 13.6 Å². The number of methoxy groups -OCH3 is 1. The first kappa shape index (κ1) is 11.4. The van der Waals surface area contributed by atoms with E-state index in [2.05, 4.69) is 6.58 Å². The van der Waals surface area contributed by atoms with E-state index in [-0.39, 0.29) is 16.9 Å². The summed E-state index contributed by atoms with van der Waals surface area (Å²) in [5.41, 5.74) is 0.0424. The van der Waals surface area contributed by atoms with Crippen LogP contribution in [0, 0.1) is 11.6 Å². The molecule has 0 saturated carbocycles. The van der Waals surface area contributed by atoms with Gasteiger partial charge in [0.25, 0.3) is 0 Å². The van der Waals surface area contributed by atoms with Crippen LogP contribution >= 0.6 is 0 Å². The van der Waals surface area contributed by atoms with Gasteiger partial charge in [-0.2, -0.15) is 0 Å². The van der Waals surface area contributed by atoms with Crippen LogP contribution in [0.2, 0.25) is 0 Å². The van der Waals surface area contributed by atoms with Crippen molar-refractivity contribution in [1.29, 1.82) is 0 Å². The molecule has 15 heavy (non-hydrogen) atoms. The molecular formula is C11H10F2O2. The number of benzene rings is 1. The van der Waals surface area contributed by atoms with Gasteiger partial charge in [-0.15, -0.1) is 0 Å². The monoisotopic (exact) mass is 212 g/mol. The number of hydrogen-bond acceptors (Lipinski definition) is 2. The minimum Gasteiger partial charge on any atom is -0.493 e. The molecule has 0 aliphatic rings. The van der Waals surface area contributed by atoms with E-state index in [1.165, 1.54) is 14.0 Å². The number of allylic oxidation sites excluding steroid dienone is 1. The molecule has 0 aromatic heterocycles. The molecule has 0 unspecified atom stereocenters. The highest BCUT2D eigenvalue weighted by molar-refractivity contribution is 6.09. The summed E-state index contributed by atoms with van der Waals surface area (Å²) in [4.78, 5) is 11.5. The second kappa shape index (κ2) is 4.21. The molecule has 0 aliphatic carbocycles. The predicted octanol–water partition coefficient (Wildman–Crippen LogP) is 2.73. The molecule has 80 valence electrons. The Morgan fingerprint density at radius 1 is 1.40 bits per heavy atom. The molecule has 0 heterocycles. The van der Waals surface area contributed by atoms with Gasteiger partial charge in [0.1, 0.15) is 5.82 Å². The Kier molecular flexibility index (Phi) is 3.19. The van der Waals surface area contributed by atoms with Crippen molar-refractivity contribution in [2.45, 2.75) is 6.92 Å². The Morgan fingerprint density at radius 3 is 2.47 bits per heavy atom. The predicted molar refractivity (Wildman–Crippen MR) is 52.1 cm³/mol. The molecule has 1 rings (SSSR count). The maximum absolute atomic E-state index is 13.2. The number of carbonyl (C=O) groups excluding carboxylic acids is 1. The van der Waals surface area contributed by atoms with Crippen molar-refractivity contribution in [3.63, 3.8) is 0 Å². The van der Waals surface area contributed by atoms with Gasteiger partial charge in [-0.25, -0.2) is 8.78 Å². The molecule has 0 atom stereocenters. The zero-order valence-corrected chi connectivity index (χ0v) is 8.43. The Morgan fingerprint density at radius 2 is 2.00 bits per heavy atom. The third-order valence-electron chi connectivity index (χ3n) is 1.84. The van der Waals surface area contributed by atoms with Crippen LogP contribution in [0.3, 0.4) is 0 Å². The summed E-state index contributed by atoms with van der Waals surface area (Å²) < 4.78 is 30.8. The smallest absolute Gasteiger partial charge is 0.192 e. The Hall–Kier alpha value is -1.71. The van der Waals surface area contributed by atoms with E-state index in [1.54, 1.807) is 0 Å². The normalized spacial score (nSPS) is 9.87. The molecule has 0 radical (unpaired) electrons. The average molecular weight is 212 g/mol. The maximum Gasteiger partial charge on any atom is 0.192 e. The highest BCUT2D eigenvalue weighted by Crippen LogP contribution is 2.25. The Bertz CT molecular complexity index is 425. The minimum absolute atomic E-state index is 0.150. The second-order valence-corrected chi connectivity index (χ2v) is 3.08. The van der Waals surface area contributed by atoms with Gasteiger partial charge < -0.3 is 4.74 Å². The molecule has 0 spiro atoms. The van der Waals surface area contributed by atoms with E-state index in [1.807, 2.05) is 0 Å². The molecule has 2 nitrogen and oxygen atoms in total. The summed E-state index contributed by atoms with van der Waals surface area (Å²) in [5, 5.41) is 0. The second-order valence-electron chi connectivity index (χ2n) is 3.08. The SMILES string of the molecule is C=C(C)C(=O)c1cc(F)cc(F)c1OC. The van der Waals surface area contributed by atoms with Crippen LogP contribution in [0.5, 0.6) is 5.75 Å². The summed E-state index contributed by atoms with van der Waals surface area (Å²) in [5.74, 6) is -2.52. The van der Waals surface area contributed by atoms with E-state index < -0.39 is 17.4 Å². The van der Waals surface area contributed by atoms with Gasteiger partial charge in [-0.1, -0.05) is 6.58 Å². The molecule has 0 bridgehead atoms. The van der Waals surface area contributed by atoms with Crippen LogP contribution in [0.15, 0.2) is 24.3 Å². The first-order chi connectivity index (χ1) is 6.97. The first-order valence-corrected chi connectivity index (χ1v) is 4.20. The van der Waals surface area contributed by atoms with Crippen molar-refractivity contribution < 1.29 is 18.3 Å². The number of hydrogen-bond donors (Lipinski definition) is 0. The van der Waals surface area contributed by atoms with Gasteiger partial charge in [-0.05, 0) is 18.6 Å². The van der Waals surface area contributed by atoms with Gasteiger partial charge in [-0.3, -0.25) is 4.79 Å². The standard InChI is InChI=1S/C11H10F2O2/c1-6(2)10(14)8-4-7(12)5-9(13)11(8)15-3/h4-5H,1H2,2-3H3. The molecule has 1 aromatic carbocycles. The lowest BCUT2D eigenvalue weighted by Crippen LogP contribution is -2.05. The van der Waals surface area contributed by atoms with Gasteiger partial charge in [0.2, 0.25) is 0 Å². The number of ketones is 1. The first-order valence-electron chi connectivity index (χ1n) is 4.20.